The lowest BCUT2D eigenvalue weighted by Gasteiger charge is -2.31. The van der Waals surface area contributed by atoms with Crippen molar-refractivity contribution in [1.29, 1.82) is 0 Å². The lowest BCUT2D eigenvalue weighted by Crippen LogP contribution is -2.40. The molecule has 6 rings (SSSR count). The minimum absolute atomic E-state index is 0.0912. The van der Waals surface area contributed by atoms with Crippen molar-refractivity contribution in [2.75, 3.05) is 19.6 Å². The van der Waals surface area contributed by atoms with Crippen LogP contribution in [0.1, 0.15) is 54.1 Å². The molecule has 0 radical (unpaired) electrons. The number of aromatic nitrogens is 3. The first-order valence-corrected chi connectivity index (χ1v) is 11.9. The Labute approximate surface area is 191 Å². The fourth-order valence-electron chi connectivity index (χ4n) is 5.26. The number of benzene rings is 1. The minimum Gasteiger partial charge on any atom is -0.337 e. The van der Waals surface area contributed by atoms with E-state index >= 15 is 0 Å². The molecule has 1 N–H and O–H groups in total. The average molecular weight is 450 g/mol. The Kier molecular flexibility index (Phi) is 5.05. The highest BCUT2D eigenvalue weighted by Gasteiger charge is 2.35. The summed E-state index contributed by atoms with van der Waals surface area (Å²) in [7, 11) is 0. The van der Waals surface area contributed by atoms with Crippen molar-refractivity contribution in [3.05, 3.63) is 69.0 Å². The van der Waals surface area contributed by atoms with Crippen LogP contribution in [0.3, 0.4) is 0 Å². The van der Waals surface area contributed by atoms with Crippen LogP contribution in [0.25, 0.3) is 5.65 Å². The number of nitrogens with one attached hydrogen (secondary N) is 1. The van der Waals surface area contributed by atoms with Gasteiger partial charge in [0.1, 0.15) is 5.82 Å². The van der Waals surface area contributed by atoms with Gasteiger partial charge in [0.2, 0.25) is 5.91 Å². The molecule has 3 aromatic rings. The van der Waals surface area contributed by atoms with Gasteiger partial charge in [0.05, 0.1) is 17.8 Å². The molecule has 8 heteroatoms. The predicted octanol–water partition coefficient (Wildman–Crippen LogP) is 2.84. The molecule has 7 nitrogen and oxygen atoms in total. The third kappa shape index (κ3) is 3.86. The predicted molar refractivity (Wildman–Crippen MR) is 121 cm³/mol. The van der Waals surface area contributed by atoms with Crippen LogP contribution in [-0.4, -0.2) is 49.9 Å². The van der Waals surface area contributed by atoms with Gasteiger partial charge in [0, 0.05) is 48.7 Å². The van der Waals surface area contributed by atoms with E-state index < -0.39 is 0 Å². The summed E-state index contributed by atoms with van der Waals surface area (Å²) in [6.07, 6.45) is 4.46. The Hall–Kier alpha value is -3.00. The van der Waals surface area contributed by atoms with Crippen molar-refractivity contribution in [2.24, 2.45) is 5.92 Å². The zero-order valence-electron chi connectivity index (χ0n) is 18.6. The van der Waals surface area contributed by atoms with E-state index in [0.29, 0.717) is 43.2 Å². The number of hydrogen-bond acceptors (Lipinski definition) is 4. The summed E-state index contributed by atoms with van der Waals surface area (Å²) >= 11 is 0. The molecule has 2 fully saturated rings. The second kappa shape index (κ2) is 8.09. The van der Waals surface area contributed by atoms with Crippen molar-refractivity contribution in [3.8, 4) is 0 Å². The number of fused-ring (bicyclic) bond motifs is 2. The van der Waals surface area contributed by atoms with Gasteiger partial charge in [-0.1, -0.05) is 18.2 Å². The number of amides is 1. The Balaban J connectivity index is 1.18. The third-order valence-electron chi connectivity index (χ3n) is 7.40. The molecule has 1 saturated heterocycles. The standard InChI is InChI=1S/C25H28FN5O2/c26-20-4-2-1-3-18(20)14-29-10-7-16(8-11-29)22-13-23-27-21-9-12-30(24(32)17-5-6-17)15-19(21)25(33)31(23)28-22/h1-4,13,16-17,28H,5-12,14-15H2. The van der Waals surface area contributed by atoms with Crippen LogP contribution in [0.5, 0.6) is 0 Å². The fourth-order valence-corrected chi connectivity index (χ4v) is 5.26. The third-order valence-corrected chi connectivity index (χ3v) is 7.40. The van der Waals surface area contributed by atoms with E-state index in [2.05, 4.69) is 10.00 Å². The monoisotopic (exact) mass is 449 g/mol. The number of halogens is 1. The fraction of sp³-hybridized carbons (Fsp3) is 0.480. The van der Waals surface area contributed by atoms with Gasteiger partial charge < -0.3 is 4.90 Å². The summed E-state index contributed by atoms with van der Waals surface area (Å²) in [6.45, 7) is 3.39. The number of nitrogens with zero attached hydrogens (tertiary/aromatic N) is 4. The molecule has 0 unspecified atom stereocenters. The van der Waals surface area contributed by atoms with Gasteiger partial charge in [-0.2, -0.15) is 0 Å². The maximum atomic E-state index is 14.0. The molecular weight excluding hydrogens is 421 g/mol. The molecule has 0 spiro atoms. The van der Waals surface area contributed by atoms with Gasteiger partial charge in [0.25, 0.3) is 5.56 Å². The molecular formula is C25H28FN5O2. The number of likely N-dealkylation sites (tertiary alicyclic amines) is 1. The molecule has 1 aromatic carbocycles. The number of carbonyl (C=O) groups is 1. The maximum absolute atomic E-state index is 14.0. The van der Waals surface area contributed by atoms with Crippen LogP contribution >= 0.6 is 0 Å². The SMILES string of the molecule is O=C(C1CC1)N1CCc2nc3cc(C4CCN(Cc5ccccc5F)CC4)[nH]n3c(=O)c2C1. The Morgan fingerprint density at radius 1 is 1.12 bits per heavy atom. The number of piperidine rings is 1. The lowest BCUT2D eigenvalue weighted by atomic mass is 9.93. The minimum atomic E-state index is -0.151. The molecule has 0 atom stereocenters. The van der Waals surface area contributed by atoms with Crippen molar-refractivity contribution in [3.63, 3.8) is 0 Å². The highest BCUT2D eigenvalue weighted by molar-refractivity contribution is 5.81. The van der Waals surface area contributed by atoms with Gasteiger partial charge in [-0.3, -0.25) is 19.6 Å². The number of aromatic amines is 1. The van der Waals surface area contributed by atoms with Gasteiger partial charge >= 0.3 is 0 Å². The summed E-state index contributed by atoms with van der Waals surface area (Å²) in [6, 6.07) is 8.95. The zero-order valence-corrected chi connectivity index (χ0v) is 18.6. The van der Waals surface area contributed by atoms with Crippen molar-refractivity contribution in [1.82, 2.24) is 24.4 Å². The summed E-state index contributed by atoms with van der Waals surface area (Å²) in [5.74, 6) is 0.502. The largest absolute Gasteiger partial charge is 0.337 e. The van der Waals surface area contributed by atoms with Crippen LogP contribution < -0.4 is 5.56 Å². The van der Waals surface area contributed by atoms with E-state index in [1.54, 1.807) is 10.6 Å². The molecule has 2 aromatic heterocycles. The molecule has 2 aliphatic heterocycles. The van der Waals surface area contributed by atoms with E-state index in [9.17, 15) is 14.0 Å². The van der Waals surface area contributed by atoms with E-state index in [-0.39, 0.29) is 23.2 Å². The number of rotatable bonds is 4. The van der Waals surface area contributed by atoms with Crippen LogP contribution in [0.15, 0.2) is 35.1 Å². The second-order valence-electron chi connectivity index (χ2n) is 9.67. The molecule has 172 valence electrons. The summed E-state index contributed by atoms with van der Waals surface area (Å²) in [4.78, 5) is 34.6. The molecule has 1 aliphatic carbocycles. The van der Waals surface area contributed by atoms with E-state index in [1.165, 1.54) is 6.07 Å². The van der Waals surface area contributed by atoms with Crippen molar-refractivity contribution >= 4 is 11.6 Å². The van der Waals surface area contributed by atoms with Gasteiger partial charge in [-0.05, 0) is 44.8 Å². The second-order valence-corrected chi connectivity index (χ2v) is 9.67. The van der Waals surface area contributed by atoms with Gasteiger partial charge in [-0.25, -0.2) is 13.9 Å². The van der Waals surface area contributed by atoms with E-state index in [4.69, 9.17) is 4.98 Å². The molecule has 3 aliphatic rings. The normalized spacial score (nSPS) is 19.7. The summed E-state index contributed by atoms with van der Waals surface area (Å²) in [5.41, 5.74) is 3.79. The lowest BCUT2D eigenvalue weighted by molar-refractivity contribution is -0.133. The van der Waals surface area contributed by atoms with Gasteiger partial charge in [0.15, 0.2) is 5.65 Å². The maximum Gasteiger partial charge on any atom is 0.277 e. The molecule has 1 saturated carbocycles. The van der Waals surface area contributed by atoms with Crippen LogP contribution in [0.2, 0.25) is 0 Å². The number of carbonyl (C=O) groups excluding carboxylic acids is 1. The molecule has 4 heterocycles. The van der Waals surface area contributed by atoms with Crippen LogP contribution in [0, 0.1) is 11.7 Å². The first kappa shape index (κ1) is 20.6. The van der Waals surface area contributed by atoms with Crippen LogP contribution in [0.4, 0.5) is 4.39 Å². The smallest absolute Gasteiger partial charge is 0.277 e. The molecule has 33 heavy (non-hydrogen) atoms. The first-order chi connectivity index (χ1) is 16.1. The topological polar surface area (TPSA) is 73.7 Å². The highest BCUT2D eigenvalue weighted by Crippen LogP contribution is 2.33. The van der Waals surface area contributed by atoms with E-state index in [1.807, 2.05) is 23.1 Å². The van der Waals surface area contributed by atoms with Gasteiger partial charge in [-0.15, -0.1) is 0 Å². The number of hydrogen-bond donors (Lipinski definition) is 1. The average Bonchev–Trinajstić information content (AvgIpc) is 3.60. The highest BCUT2D eigenvalue weighted by atomic mass is 19.1. The Morgan fingerprint density at radius 3 is 2.67 bits per heavy atom. The Bertz CT molecular complexity index is 1270. The van der Waals surface area contributed by atoms with E-state index in [0.717, 1.165) is 55.7 Å². The molecule has 1 amide bonds. The van der Waals surface area contributed by atoms with Crippen LogP contribution in [-0.2, 0) is 24.3 Å². The zero-order chi connectivity index (χ0) is 22.5. The van der Waals surface area contributed by atoms with Crippen molar-refractivity contribution in [2.45, 2.75) is 51.1 Å². The Morgan fingerprint density at radius 2 is 1.91 bits per heavy atom. The summed E-state index contributed by atoms with van der Waals surface area (Å²) < 4.78 is 15.5. The number of H-pyrrole nitrogens is 1. The molecule has 0 bridgehead atoms. The van der Waals surface area contributed by atoms with Crippen molar-refractivity contribution < 1.29 is 9.18 Å². The first-order valence-electron chi connectivity index (χ1n) is 11.9. The summed E-state index contributed by atoms with van der Waals surface area (Å²) in [5, 5.41) is 3.30. The quantitative estimate of drug-likeness (QED) is 0.665.